The molecule has 3 rings (SSSR count). The predicted molar refractivity (Wildman–Crippen MR) is 103 cm³/mol. The summed E-state index contributed by atoms with van der Waals surface area (Å²) in [6, 6.07) is 12.6. The first-order chi connectivity index (χ1) is 12.1. The third-order valence-electron chi connectivity index (χ3n) is 3.36. The largest absolute Gasteiger partial charge is 0.507 e. The van der Waals surface area contributed by atoms with E-state index in [1.165, 1.54) is 10.9 Å². The molecule has 0 aliphatic carbocycles. The fourth-order valence-corrected chi connectivity index (χ4v) is 2.78. The number of rotatable bonds is 5. The molecule has 1 heterocycles. The van der Waals surface area contributed by atoms with Crippen LogP contribution in [-0.2, 0) is 0 Å². The van der Waals surface area contributed by atoms with E-state index in [1.54, 1.807) is 18.2 Å². The topological polar surface area (TPSA) is 75.4 Å². The second-order valence-corrected chi connectivity index (χ2v) is 6.38. The normalized spacial score (nSPS) is 11.1. The summed E-state index contributed by atoms with van der Waals surface area (Å²) in [5.74, 6) is 1.42. The molecule has 2 N–H and O–H groups in total. The SMILES string of the molecule is CCOc1cccc(-c2n[nH]c(=S)n2/N=C/c2cc(Br)ccc2O)c1. The van der Waals surface area contributed by atoms with Gasteiger partial charge in [0.15, 0.2) is 5.82 Å². The van der Waals surface area contributed by atoms with E-state index in [0.717, 1.165) is 15.8 Å². The van der Waals surface area contributed by atoms with Gasteiger partial charge in [0.25, 0.3) is 0 Å². The first-order valence-corrected chi connectivity index (χ1v) is 8.72. The number of benzene rings is 2. The molecule has 0 unspecified atom stereocenters. The van der Waals surface area contributed by atoms with Gasteiger partial charge in [0.2, 0.25) is 4.77 Å². The number of H-pyrrole nitrogens is 1. The third-order valence-corrected chi connectivity index (χ3v) is 4.11. The Morgan fingerprint density at radius 1 is 1.36 bits per heavy atom. The summed E-state index contributed by atoms with van der Waals surface area (Å²) in [5, 5.41) is 21.3. The number of hydrogen-bond donors (Lipinski definition) is 2. The molecule has 0 spiro atoms. The molecule has 128 valence electrons. The minimum absolute atomic E-state index is 0.127. The van der Waals surface area contributed by atoms with E-state index < -0.39 is 0 Å². The van der Waals surface area contributed by atoms with Crippen molar-refractivity contribution in [3.8, 4) is 22.9 Å². The van der Waals surface area contributed by atoms with E-state index in [1.807, 2.05) is 31.2 Å². The van der Waals surface area contributed by atoms with Gasteiger partial charge in [-0.05, 0) is 49.5 Å². The Balaban J connectivity index is 2.00. The van der Waals surface area contributed by atoms with Crippen molar-refractivity contribution < 1.29 is 9.84 Å². The number of ether oxygens (including phenoxy) is 1. The number of hydrogen-bond acceptors (Lipinski definition) is 5. The van der Waals surface area contributed by atoms with Gasteiger partial charge in [-0.1, -0.05) is 28.1 Å². The Hall–Kier alpha value is -2.45. The summed E-state index contributed by atoms with van der Waals surface area (Å²) in [7, 11) is 0. The van der Waals surface area contributed by atoms with Crippen molar-refractivity contribution in [3.05, 3.63) is 57.3 Å². The average molecular weight is 419 g/mol. The number of nitrogens with zero attached hydrogens (tertiary/aromatic N) is 3. The van der Waals surface area contributed by atoms with E-state index in [4.69, 9.17) is 17.0 Å². The summed E-state index contributed by atoms with van der Waals surface area (Å²) >= 11 is 8.63. The Labute approximate surface area is 157 Å². The molecule has 6 nitrogen and oxygen atoms in total. The van der Waals surface area contributed by atoms with Crippen LogP contribution in [0.25, 0.3) is 11.4 Å². The summed E-state index contributed by atoms with van der Waals surface area (Å²) in [4.78, 5) is 0. The monoisotopic (exact) mass is 418 g/mol. The highest BCUT2D eigenvalue weighted by Gasteiger charge is 2.09. The van der Waals surface area contributed by atoms with Crippen LogP contribution in [0.3, 0.4) is 0 Å². The molecule has 0 amide bonds. The maximum atomic E-state index is 9.93. The van der Waals surface area contributed by atoms with Gasteiger partial charge < -0.3 is 9.84 Å². The van der Waals surface area contributed by atoms with E-state index in [-0.39, 0.29) is 5.75 Å². The van der Waals surface area contributed by atoms with Crippen LogP contribution < -0.4 is 4.74 Å². The Bertz CT molecular complexity index is 981. The van der Waals surface area contributed by atoms with Crippen molar-refractivity contribution in [1.29, 1.82) is 0 Å². The number of phenols is 1. The van der Waals surface area contributed by atoms with Crippen LogP contribution in [0.4, 0.5) is 0 Å². The smallest absolute Gasteiger partial charge is 0.216 e. The number of halogens is 1. The molecule has 0 aliphatic rings. The van der Waals surface area contributed by atoms with Crippen molar-refractivity contribution in [1.82, 2.24) is 14.9 Å². The van der Waals surface area contributed by atoms with Gasteiger partial charge in [0.1, 0.15) is 11.5 Å². The van der Waals surface area contributed by atoms with E-state index in [9.17, 15) is 5.11 Å². The molecule has 0 atom stereocenters. The fourth-order valence-electron chi connectivity index (χ4n) is 2.23. The molecule has 2 aromatic carbocycles. The molecule has 0 fully saturated rings. The standard InChI is InChI=1S/C17H15BrN4O2S/c1-2-24-14-5-3-4-11(9-14)16-20-21-17(25)22(16)19-10-12-8-13(18)6-7-15(12)23/h3-10,23H,2H2,1H3,(H,21,25)/b19-10+. The van der Waals surface area contributed by atoms with Crippen LogP contribution in [0, 0.1) is 4.77 Å². The van der Waals surface area contributed by atoms with Gasteiger partial charge in [-0.2, -0.15) is 14.9 Å². The van der Waals surface area contributed by atoms with Crippen LogP contribution in [-0.4, -0.2) is 32.8 Å². The summed E-state index contributed by atoms with van der Waals surface area (Å²) in [5.41, 5.74) is 1.38. The van der Waals surface area contributed by atoms with Gasteiger partial charge in [-0.3, -0.25) is 0 Å². The highest BCUT2D eigenvalue weighted by atomic mass is 79.9. The van der Waals surface area contributed by atoms with Gasteiger partial charge in [-0.15, -0.1) is 0 Å². The first-order valence-electron chi connectivity index (χ1n) is 7.52. The zero-order chi connectivity index (χ0) is 17.8. The van der Waals surface area contributed by atoms with E-state index in [0.29, 0.717) is 22.8 Å². The lowest BCUT2D eigenvalue weighted by atomic mass is 10.2. The summed E-state index contributed by atoms with van der Waals surface area (Å²) < 4.78 is 8.21. The summed E-state index contributed by atoms with van der Waals surface area (Å²) in [6.07, 6.45) is 1.53. The van der Waals surface area contributed by atoms with Crippen molar-refractivity contribution >= 4 is 34.4 Å². The van der Waals surface area contributed by atoms with Crippen molar-refractivity contribution in [2.75, 3.05) is 6.61 Å². The van der Waals surface area contributed by atoms with E-state index in [2.05, 4.69) is 31.2 Å². The lowest BCUT2D eigenvalue weighted by Gasteiger charge is -2.05. The molecule has 8 heteroatoms. The molecule has 0 saturated heterocycles. The van der Waals surface area contributed by atoms with Crippen molar-refractivity contribution in [2.45, 2.75) is 6.92 Å². The number of aromatic nitrogens is 3. The second kappa shape index (κ2) is 7.62. The number of aromatic amines is 1. The fraction of sp³-hybridized carbons (Fsp3) is 0.118. The van der Waals surface area contributed by atoms with Crippen LogP contribution >= 0.6 is 28.1 Å². The molecule has 1 aromatic heterocycles. The molecular weight excluding hydrogens is 404 g/mol. The minimum atomic E-state index is 0.127. The molecule has 25 heavy (non-hydrogen) atoms. The summed E-state index contributed by atoms with van der Waals surface area (Å²) in [6.45, 7) is 2.51. The highest BCUT2D eigenvalue weighted by Crippen LogP contribution is 2.23. The first kappa shape index (κ1) is 17.4. The highest BCUT2D eigenvalue weighted by molar-refractivity contribution is 9.10. The van der Waals surface area contributed by atoms with E-state index >= 15 is 0 Å². The number of aromatic hydroxyl groups is 1. The third kappa shape index (κ3) is 3.97. The Kier molecular flexibility index (Phi) is 5.30. The van der Waals surface area contributed by atoms with Crippen LogP contribution in [0.5, 0.6) is 11.5 Å². The maximum absolute atomic E-state index is 9.93. The molecule has 3 aromatic rings. The van der Waals surface area contributed by atoms with Gasteiger partial charge in [0, 0.05) is 15.6 Å². The zero-order valence-electron chi connectivity index (χ0n) is 13.3. The van der Waals surface area contributed by atoms with Gasteiger partial charge in [0.05, 0.1) is 12.8 Å². The number of nitrogens with one attached hydrogen (secondary N) is 1. The number of phenolic OH excluding ortho intramolecular Hbond substituents is 1. The quantitative estimate of drug-likeness (QED) is 0.476. The lowest BCUT2D eigenvalue weighted by Crippen LogP contribution is -1.96. The minimum Gasteiger partial charge on any atom is -0.507 e. The predicted octanol–water partition coefficient (Wildman–Crippen LogP) is 4.36. The van der Waals surface area contributed by atoms with Crippen LogP contribution in [0.2, 0.25) is 0 Å². The molecule has 0 bridgehead atoms. The molecule has 0 aliphatic heterocycles. The lowest BCUT2D eigenvalue weighted by molar-refractivity contribution is 0.340. The Morgan fingerprint density at radius 2 is 2.20 bits per heavy atom. The average Bonchev–Trinajstić information content (AvgIpc) is 2.97. The molecule has 0 saturated carbocycles. The van der Waals surface area contributed by atoms with Crippen LogP contribution in [0.15, 0.2) is 52.0 Å². The molecular formula is C17H15BrN4O2S. The van der Waals surface area contributed by atoms with Crippen molar-refractivity contribution in [2.24, 2.45) is 5.10 Å². The van der Waals surface area contributed by atoms with Crippen LogP contribution in [0.1, 0.15) is 12.5 Å². The van der Waals surface area contributed by atoms with Gasteiger partial charge in [-0.25, -0.2) is 5.10 Å². The van der Waals surface area contributed by atoms with Gasteiger partial charge >= 0.3 is 0 Å². The Morgan fingerprint density at radius 3 is 3.00 bits per heavy atom. The van der Waals surface area contributed by atoms with Crippen molar-refractivity contribution in [3.63, 3.8) is 0 Å². The molecule has 0 radical (unpaired) electrons. The second-order valence-electron chi connectivity index (χ2n) is 5.07. The zero-order valence-corrected chi connectivity index (χ0v) is 15.7. The maximum Gasteiger partial charge on any atom is 0.216 e.